The van der Waals surface area contributed by atoms with E-state index in [9.17, 15) is 4.79 Å². The number of fused-ring (bicyclic) bond motifs is 4. The van der Waals surface area contributed by atoms with Crippen molar-refractivity contribution < 1.29 is 37.6 Å². The van der Waals surface area contributed by atoms with Crippen LogP contribution in [0.4, 0.5) is 0 Å². The molecule has 226 valence electrons. The summed E-state index contributed by atoms with van der Waals surface area (Å²) >= 11 is 0. The highest BCUT2D eigenvalue weighted by Gasteiger charge is 2.45. The molecule has 0 aliphatic carbocycles. The van der Waals surface area contributed by atoms with Crippen LogP contribution < -0.4 is 0 Å². The number of rotatable bonds is 4. The first-order valence-corrected chi connectivity index (χ1v) is 18.1. The smallest absolute Gasteiger partial charge is 0.308 e. The van der Waals surface area contributed by atoms with E-state index in [2.05, 4.69) is 40.8 Å². The van der Waals surface area contributed by atoms with E-state index in [1.54, 1.807) is 7.11 Å². The second-order valence-corrected chi connectivity index (χ2v) is 19.1. The van der Waals surface area contributed by atoms with Gasteiger partial charge in [-0.25, -0.2) is 0 Å². The second-order valence-electron chi connectivity index (χ2n) is 14.4. The number of hydrogen-bond donors (Lipinski definition) is 0. The lowest BCUT2D eigenvalue weighted by Gasteiger charge is -2.44. The van der Waals surface area contributed by atoms with Crippen LogP contribution in [0.2, 0.25) is 18.1 Å². The topological polar surface area (TPSA) is 81.7 Å². The number of carbonyl (C=O) groups is 1. The fourth-order valence-corrected chi connectivity index (χ4v) is 7.64. The van der Waals surface area contributed by atoms with Crippen LogP contribution in [0.1, 0.15) is 92.9 Å². The minimum atomic E-state index is -1.99. The van der Waals surface area contributed by atoms with E-state index in [-0.39, 0.29) is 60.2 Å². The van der Waals surface area contributed by atoms with Gasteiger partial charge in [0.25, 0.3) is 0 Å². The largest absolute Gasteiger partial charge is 0.459 e. The Labute approximate surface area is 237 Å². The van der Waals surface area contributed by atoms with Crippen molar-refractivity contribution in [3.63, 3.8) is 0 Å². The minimum absolute atomic E-state index is 0.00915. The third-order valence-electron chi connectivity index (χ3n) is 9.62. The Balaban J connectivity index is 1.56. The molecule has 4 bridgehead atoms. The maximum atomic E-state index is 13.4. The highest BCUT2D eigenvalue weighted by Crippen LogP contribution is 2.41. The number of hydrogen-bond acceptors (Lipinski definition) is 8. The second kappa shape index (κ2) is 12.4. The van der Waals surface area contributed by atoms with Crippen molar-refractivity contribution in [1.82, 2.24) is 0 Å². The summed E-state index contributed by atoms with van der Waals surface area (Å²) in [6, 6.07) is 0. The summed E-state index contributed by atoms with van der Waals surface area (Å²) in [6.45, 7) is 17.8. The van der Waals surface area contributed by atoms with Gasteiger partial charge in [-0.15, -0.1) is 0 Å². The van der Waals surface area contributed by atoms with E-state index in [4.69, 9.17) is 32.8 Å². The molecule has 0 radical (unpaired) electrons. The molecule has 4 aliphatic heterocycles. The molecule has 8 nitrogen and oxygen atoms in total. The molecule has 0 spiro atoms. The van der Waals surface area contributed by atoms with Gasteiger partial charge >= 0.3 is 5.97 Å². The molecule has 4 saturated heterocycles. The van der Waals surface area contributed by atoms with Gasteiger partial charge in [-0.05, 0) is 70.0 Å². The quantitative estimate of drug-likeness (QED) is 0.312. The summed E-state index contributed by atoms with van der Waals surface area (Å²) in [5.74, 6) is -0.515. The van der Waals surface area contributed by atoms with Crippen LogP contribution in [0.25, 0.3) is 0 Å². The maximum Gasteiger partial charge on any atom is 0.308 e. The van der Waals surface area contributed by atoms with E-state index in [0.717, 1.165) is 32.1 Å². The number of cyclic esters (lactones) is 1. The van der Waals surface area contributed by atoms with E-state index < -0.39 is 20.2 Å². The monoisotopic (exact) mass is 570 g/mol. The van der Waals surface area contributed by atoms with Crippen LogP contribution >= 0.6 is 0 Å². The van der Waals surface area contributed by atoms with Gasteiger partial charge < -0.3 is 32.8 Å². The van der Waals surface area contributed by atoms with Gasteiger partial charge in [-0.3, -0.25) is 4.79 Å². The van der Waals surface area contributed by atoms with Gasteiger partial charge in [0.05, 0.1) is 43.5 Å². The average molecular weight is 571 g/mol. The Morgan fingerprint density at radius 2 is 1.56 bits per heavy atom. The van der Waals surface area contributed by atoms with Gasteiger partial charge in [0.1, 0.15) is 12.2 Å². The van der Waals surface area contributed by atoms with Crippen molar-refractivity contribution in [2.24, 2.45) is 5.92 Å². The Hall–Kier alpha value is -0.553. The highest BCUT2D eigenvalue weighted by atomic mass is 28.4. The van der Waals surface area contributed by atoms with Crippen LogP contribution in [-0.4, -0.2) is 82.6 Å². The summed E-state index contributed by atoms with van der Waals surface area (Å²) in [4.78, 5) is 13.4. The fourth-order valence-electron chi connectivity index (χ4n) is 6.26. The lowest BCUT2D eigenvalue weighted by atomic mass is 9.86. The predicted octanol–water partition coefficient (Wildman–Crippen LogP) is 5.76. The van der Waals surface area contributed by atoms with Crippen LogP contribution in [-0.2, 0) is 37.6 Å². The number of esters is 1. The number of carbonyl (C=O) groups excluding carboxylic acids is 1. The lowest BCUT2D eigenvalue weighted by molar-refractivity contribution is -0.185. The van der Waals surface area contributed by atoms with Crippen LogP contribution in [0.3, 0.4) is 0 Å². The molecule has 0 saturated carbocycles. The van der Waals surface area contributed by atoms with Gasteiger partial charge in [0.2, 0.25) is 0 Å². The van der Waals surface area contributed by atoms with Crippen molar-refractivity contribution in [3.05, 3.63) is 0 Å². The zero-order valence-electron chi connectivity index (χ0n) is 25.8. The summed E-state index contributed by atoms with van der Waals surface area (Å²) in [7, 11) is -0.202. The summed E-state index contributed by atoms with van der Waals surface area (Å²) < 4.78 is 44.2. The fraction of sp³-hybridized carbons (Fsp3) is 0.967. The Kier molecular flexibility index (Phi) is 9.94. The summed E-state index contributed by atoms with van der Waals surface area (Å²) in [6.07, 6.45) is 5.03. The van der Waals surface area contributed by atoms with Gasteiger partial charge in [0, 0.05) is 26.1 Å². The van der Waals surface area contributed by atoms with E-state index in [0.29, 0.717) is 25.4 Å². The van der Waals surface area contributed by atoms with Crippen LogP contribution in [0.5, 0.6) is 0 Å². The van der Waals surface area contributed by atoms with Gasteiger partial charge in [-0.2, -0.15) is 0 Å². The molecule has 0 aromatic rings. The molecule has 4 rings (SSSR count). The molecule has 0 aromatic carbocycles. The first-order valence-electron chi connectivity index (χ1n) is 15.2. The van der Waals surface area contributed by atoms with Crippen molar-refractivity contribution in [1.29, 1.82) is 0 Å². The van der Waals surface area contributed by atoms with Crippen LogP contribution in [0, 0.1) is 5.92 Å². The Morgan fingerprint density at radius 3 is 2.21 bits per heavy atom. The molecular formula is C30H54O8Si. The summed E-state index contributed by atoms with van der Waals surface area (Å²) in [5, 5.41) is 0.108. The van der Waals surface area contributed by atoms with Crippen molar-refractivity contribution in [2.45, 2.75) is 166 Å². The lowest BCUT2D eigenvalue weighted by Crippen LogP contribution is -2.49. The SMILES string of the molecule is CO[C@H]1C[C@@H]2C[C@@H](O[Si](C)(C)C(C)(C)C)C[C@H](CC(=O)O[C@@H]([C@H]3COC(C)(C)O3)C[C@@H]3CC[C@H](C)[C@@H](C1)O3)O2. The maximum absolute atomic E-state index is 13.4. The molecular weight excluding hydrogens is 516 g/mol. The number of methoxy groups -OCH3 is 1. The standard InChI is InChI=1S/C30H54O8Si/c1-19-10-11-20-15-26(27-18-33-30(5,6)37-27)36-28(31)17-23-14-24(38-39(8,9)29(2,3)4)13-22(34-23)12-21(32-7)16-25(19)35-20/h19-27H,10-18H2,1-9H3/t19-,20-,21-,22+,23+,24+,25+,26+,27+/m0/s1. The molecule has 0 unspecified atom stereocenters. The highest BCUT2D eigenvalue weighted by molar-refractivity contribution is 6.74. The number of ether oxygens (including phenoxy) is 6. The first kappa shape index (κ1) is 31.4. The van der Waals surface area contributed by atoms with Crippen molar-refractivity contribution in [3.8, 4) is 0 Å². The molecule has 0 amide bonds. The van der Waals surface area contributed by atoms with Crippen LogP contribution in [0.15, 0.2) is 0 Å². The van der Waals surface area contributed by atoms with E-state index in [1.165, 1.54) is 0 Å². The van der Waals surface area contributed by atoms with Crippen molar-refractivity contribution in [2.75, 3.05) is 13.7 Å². The first-order chi connectivity index (χ1) is 18.1. The molecule has 39 heavy (non-hydrogen) atoms. The zero-order chi connectivity index (χ0) is 28.6. The predicted molar refractivity (Wildman–Crippen MR) is 151 cm³/mol. The summed E-state index contributed by atoms with van der Waals surface area (Å²) in [5.41, 5.74) is 0. The molecule has 0 aromatic heterocycles. The van der Waals surface area contributed by atoms with E-state index >= 15 is 0 Å². The zero-order valence-corrected chi connectivity index (χ0v) is 26.8. The third-order valence-corrected chi connectivity index (χ3v) is 14.2. The third kappa shape index (κ3) is 8.27. The molecule has 4 aliphatic rings. The van der Waals surface area contributed by atoms with Gasteiger partial charge in [0.15, 0.2) is 14.1 Å². The Morgan fingerprint density at radius 1 is 0.872 bits per heavy atom. The molecule has 9 atom stereocenters. The minimum Gasteiger partial charge on any atom is -0.459 e. The van der Waals surface area contributed by atoms with E-state index in [1.807, 2.05) is 13.8 Å². The normalized spacial score (nSPS) is 40.5. The molecule has 0 N–H and O–H groups in total. The van der Waals surface area contributed by atoms with Gasteiger partial charge in [-0.1, -0.05) is 27.7 Å². The van der Waals surface area contributed by atoms with Crippen molar-refractivity contribution >= 4 is 14.3 Å². The molecule has 9 heteroatoms. The molecule has 4 fully saturated rings. The average Bonchev–Trinajstić information content (AvgIpc) is 3.18. The Bertz CT molecular complexity index is 826. The molecule has 4 heterocycles.